The standard InChI is InChI=1S/C12H19N5O2S/c1-2-13-11-10(17(18)19)12(16-8-15-11)14-7-9-5-3-4-6-20-9/h8-9H,2-7H2,1H3,(H2,13,14,15,16). The van der Waals surface area contributed by atoms with Crippen LogP contribution in [0.2, 0.25) is 0 Å². The Bertz CT molecular complexity index is 465. The molecule has 20 heavy (non-hydrogen) atoms. The molecule has 7 nitrogen and oxygen atoms in total. The van der Waals surface area contributed by atoms with E-state index in [4.69, 9.17) is 0 Å². The lowest BCUT2D eigenvalue weighted by Crippen LogP contribution is -2.21. The van der Waals surface area contributed by atoms with E-state index in [2.05, 4.69) is 20.6 Å². The van der Waals surface area contributed by atoms with Crippen molar-refractivity contribution in [1.82, 2.24) is 9.97 Å². The molecule has 1 atom stereocenters. The van der Waals surface area contributed by atoms with Gasteiger partial charge in [0.1, 0.15) is 6.33 Å². The minimum absolute atomic E-state index is 0.0739. The first-order valence-corrected chi connectivity index (χ1v) is 7.86. The quantitative estimate of drug-likeness (QED) is 0.615. The molecule has 110 valence electrons. The summed E-state index contributed by atoms with van der Waals surface area (Å²) in [5.41, 5.74) is -0.0739. The first kappa shape index (κ1) is 14.8. The van der Waals surface area contributed by atoms with E-state index < -0.39 is 4.92 Å². The third kappa shape index (κ3) is 3.72. The van der Waals surface area contributed by atoms with Gasteiger partial charge in [-0.15, -0.1) is 0 Å². The van der Waals surface area contributed by atoms with E-state index >= 15 is 0 Å². The van der Waals surface area contributed by atoms with Crippen LogP contribution in [0.1, 0.15) is 26.2 Å². The summed E-state index contributed by atoms with van der Waals surface area (Å²) >= 11 is 1.92. The van der Waals surface area contributed by atoms with Crippen LogP contribution in [0.4, 0.5) is 17.3 Å². The predicted octanol–water partition coefficient (Wildman–Crippen LogP) is 2.51. The minimum atomic E-state index is -0.436. The summed E-state index contributed by atoms with van der Waals surface area (Å²) in [5, 5.41) is 17.7. The smallest absolute Gasteiger partial charge is 0.353 e. The summed E-state index contributed by atoms with van der Waals surface area (Å²) in [7, 11) is 0. The molecule has 8 heteroatoms. The number of nitro groups is 1. The van der Waals surface area contributed by atoms with Crippen LogP contribution < -0.4 is 10.6 Å². The van der Waals surface area contributed by atoms with Crippen LogP contribution in [-0.4, -0.2) is 39.0 Å². The van der Waals surface area contributed by atoms with Crippen LogP contribution in [0.15, 0.2) is 6.33 Å². The number of nitrogens with one attached hydrogen (secondary N) is 2. The fourth-order valence-electron chi connectivity index (χ4n) is 2.16. The molecular formula is C12H19N5O2S. The molecule has 0 amide bonds. The molecule has 2 heterocycles. The summed E-state index contributed by atoms with van der Waals surface area (Å²) in [6, 6.07) is 0. The number of hydrogen-bond acceptors (Lipinski definition) is 7. The maximum absolute atomic E-state index is 11.2. The van der Waals surface area contributed by atoms with Gasteiger partial charge in [0, 0.05) is 18.3 Å². The molecule has 1 fully saturated rings. The minimum Gasteiger partial charge on any atom is -0.364 e. The molecule has 1 saturated heterocycles. The number of anilines is 2. The average molecular weight is 297 g/mol. The Balaban J connectivity index is 2.09. The summed E-state index contributed by atoms with van der Waals surface area (Å²) in [5.74, 6) is 1.74. The first-order valence-electron chi connectivity index (χ1n) is 6.81. The summed E-state index contributed by atoms with van der Waals surface area (Å²) in [6.45, 7) is 3.15. The highest BCUT2D eigenvalue weighted by atomic mass is 32.2. The molecule has 1 unspecified atom stereocenters. The van der Waals surface area contributed by atoms with Gasteiger partial charge in [-0.25, -0.2) is 9.97 Å². The molecular weight excluding hydrogens is 278 g/mol. The van der Waals surface area contributed by atoms with Crippen molar-refractivity contribution in [3.8, 4) is 0 Å². The molecule has 1 aromatic rings. The van der Waals surface area contributed by atoms with Crippen molar-refractivity contribution in [2.45, 2.75) is 31.4 Å². The van der Waals surface area contributed by atoms with Gasteiger partial charge in [0.2, 0.25) is 11.6 Å². The highest BCUT2D eigenvalue weighted by Gasteiger charge is 2.23. The molecule has 1 aliphatic heterocycles. The Labute approximate surface area is 122 Å². The van der Waals surface area contributed by atoms with Crippen LogP contribution in [0.5, 0.6) is 0 Å². The van der Waals surface area contributed by atoms with Crippen molar-refractivity contribution in [3.63, 3.8) is 0 Å². The van der Waals surface area contributed by atoms with Crippen molar-refractivity contribution in [2.24, 2.45) is 0 Å². The van der Waals surface area contributed by atoms with Crippen LogP contribution in [-0.2, 0) is 0 Å². The second-order valence-electron chi connectivity index (χ2n) is 4.58. The van der Waals surface area contributed by atoms with E-state index in [1.54, 1.807) is 0 Å². The Hall–Kier alpha value is -1.57. The Kier molecular flexibility index (Phi) is 5.40. The van der Waals surface area contributed by atoms with Crippen LogP contribution in [0.25, 0.3) is 0 Å². The molecule has 2 N–H and O–H groups in total. The van der Waals surface area contributed by atoms with Crippen molar-refractivity contribution in [3.05, 3.63) is 16.4 Å². The summed E-state index contributed by atoms with van der Waals surface area (Å²) < 4.78 is 0. The number of hydrogen-bond donors (Lipinski definition) is 2. The fourth-order valence-corrected chi connectivity index (χ4v) is 3.40. The van der Waals surface area contributed by atoms with Gasteiger partial charge in [-0.05, 0) is 25.5 Å². The van der Waals surface area contributed by atoms with E-state index in [0.29, 0.717) is 24.2 Å². The van der Waals surface area contributed by atoms with Crippen molar-refractivity contribution in [1.29, 1.82) is 0 Å². The molecule has 0 bridgehead atoms. The molecule has 0 aliphatic carbocycles. The van der Waals surface area contributed by atoms with Crippen molar-refractivity contribution < 1.29 is 4.92 Å². The number of rotatable bonds is 6. The highest BCUT2D eigenvalue weighted by molar-refractivity contribution is 7.99. The zero-order chi connectivity index (χ0) is 14.4. The highest BCUT2D eigenvalue weighted by Crippen LogP contribution is 2.30. The zero-order valence-corrected chi connectivity index (χ0v) is 12.3. The maximum Gasteiger partial charge on any atom is 0.353 e. The molecule has 0 saturated carbocycles. The van der Waals surface area contributed by atoms with E-state index in [1.165, 1.54) is 24.9 Å². The predicted molar refractivity (Wildman–Crippen MR) is 81.4 cm³/mol. The average Bonchev–Trinajstić information content (AvgIpc) is 2.46. The number of thioether (sulfide) groups is 1. The summed E-state index contributed by atoms with van der Waals surface area (Å²) in [6.07, 6.45) is 4.99. The SMILES string of the molecule is CCNc1ncnc(NCC2CCCCS2)c1[N+](=O)[O-]. The lowest BCUT2D eigenvalue weighted by atomic mass is 10.2. The van der Waals surface area contributed by atoms with E-state index in [-0.39, 0.29) is 11.5 Å². The van der Waals surface area contributed by atoms with Crippen molar-refractivity contribution in [2.75, 3.05) is 29.5 Å². The third-order valence-electron chi connectivity index (χ3n) is 3.12. The van der Waals surface area contributed by atoms with Gasteiger partial charge in [0.15, 0.2) is 0 Å². The zero-order valence-electron chi connectivity index (χ0n) is 11.5. The monoisotopic (exact) mass is 297 g/mol. The largest absolute Gasteiger partial charge is 0.364 e. The topological polar surface area (TPSA) is 93.0 Å². The maximum atomic E-state index is 11.2. The van der Waals surface area contributed by atoms with E-state index in [9.17, 15) is 10.1 Å². The number of nitrogens with zero attached hydrogens (tertiary/aromatic N) is 3. The van der Waals surface area contributed by atoms with Gasteiger partial charge < -0.3 is 10.6 Å². The molecule has 0 aromatic carbocycles. The van der Waals surface area contributed by atoms with Gasteiger partial charge in [-0.1, -0.05) is 6.42 Å². The van der Waals surface area contributed by atoms with Gasteiger partial charge in [0.25, 0.3) is 0 Å². The van der Waals surface area contributed by atoms with Crippen molar-refractivity contribution >= 4 is 29.1 Å². The van der Waals surface area contributed by atoms with E-state index in [1.807, 2.05) is 18.7 Å². The van der Waals surface area contributed by atoms with Crippen LogP contribution in [0.3, 0.4) is 0 Å². The third-order valence-corrected chi connectivity index (χ3v) is 4.52. The first-order chi connectivity index (χ1) is 9.72. The van der Waals surface area contributed by atoms with Gasteiger partial charge >= 0.3 is 5.69 Å². The Morgan fingerprint density at radius 3 is 2.75 bits per heavy atom. The normalized spacial score (nSPS) is 18.6. The lowest BCUT2D eigenvalue weighted by molar-refractivity contribution is -0.383. The number of aromatic nitrogens is 2. The molecule has 0 radical (unpaired) electrons. The fraction of sp³-hybridized carbons (Fsp3) is 0.667. The molecule has 1 aromatic heterocycles. The van der Waals surface area contributed by atoms with Gasteiger partial charge in [0.05, 0.1) is 4.92 Å². The van der Waals surface area contributed by atoms with Crippen LogP contribution in [0, 0.1) is 10.1 Å². The van der Waals surface area contributed by atoms with Gasteiger partial charge in [-0.3, -0.25) is 10.1 Å². The van der Waals surface area contributed by atoms with E-state index in [0.717, 1.165) is 6.42 Å². The second kappa shape index (κ2) is 7.28. The molecule has 2 rings (SSSR count). The summed E-state index contributed by atoms with van der Waals surface area (Å²) in [4.78, 5) is 18.7. The Morgan fingerprint density at radius 1 is 1.40 bits per heavy atom. The lowest BCUT2D eigenvalue weighted by Gasteiger charge is -2.21. The van der Waals surface area contributed by atoms with Crippen LogP contribution >= 0.6 is 11.8 Å². The second-order valence-corrected chi connectivity index (χ2v) is 5.98. The molecule has 0 spiro atoms. The molecule has 1 aliphatic rings. The van der Waals surface area contributed by atoms with Gasteiger partial charge in [-0.2, -0.15) is 11.8 Å². The Morgan fingerprint density at radius 2 is 2.15 bits per heavy atom.